The van der Waals surface area contributed by atoms with Crippen LogP contribution in [-0.2, 0) is 23.1 Å². The maximum Gasteiger partial charge on any atom is 0.490 e. The molecule has 1 aliphatic rings. The van der Waals surface area contributed by atoms with E-state index in [0.29, 0.717) is 37.6 Å². The number of carboxylic acid groups (broad SMARTS) is 1. The summed E-state index contributed by atoms with van der Waals surface area (Å²) in [5.74, 6) is -2.15. The Morgan fingerprint density at radius 2 is 2.03 bits per heavy atom. The number of amides is 1. The molecule has 12 heteroatoms. The number of nitrogens with zero attached hydrogens (tertiary/aromatic N) is 4. The van der Waals surface area contributed by atoms with Crippen LogP contribution in [0.25, 0.3) is 0 Å². The summed E-state index contributed by atoms with van der Waals surface area (Å²) in [7, 11) is 1.93. The molecule has 0 saturated heterocycles. The third-order valence-electron chi connectivity index (χ3n) is 4.29. The molecule has 29 heavy (non-hydrogen) atoms. The Morgan fingerprint density at radius 3 is 2.55 bits per heavy atom. The average Bonchev–Trinajstić information content (AvgIpc) is 3.24. The SMILES string of the molecule is CCOCC1CN(C(=O)c2cnoc2C)Cc2cnn(C)c21.O=C(O)C(F)(F)F. The summed E-state index contributed by atoms with van der Waals surface area (Å²) in [5, 5.41) is 15.1. The molecule has 1 atom stereocenters. The molecule has 0 spiro atoms. The van der Waals surface area contributed by atoms with E-state index in [4.69, 9.17) is 19.2 Å². The molecule has 0 fully saturated rings. The van der Waals surface area contributed by atoms with Crippen LogP contribution in [0.5, 0.6) is 0 Å². The van der Waals surface area contributed by atoms with E-state index in [-0.39, 0.29) is 11.8 Å². The van der Waals surface area contributed by atoms with Crippen molar-refractivity contribution >= 4 is 11.9 Å². The van der Waals surface area contributed by atoms with E-state index < -0.39 is 12.1 Å². The summed E-state index contributed by atoms with van der Waals surface area (Å²) in [6.45, 7) is 6.11. The van der Waals surface area contributed by atoms with Crippen molar-refractivity contribution in [3.63, 3.8) is 0 Å². The van der Waals surface area contributed by atoms with Gasteiger partial charge < -0.3 is 19.3 Å². The fraction of sp³-hybridized carbons (Fsp3) is 0.529. The second-order valence-electron chi connectivity index (χ2n) is 6.32. The quantitative estimate of drug-likeness (QED) is 0.810. The van der Waals surface area contributed by atoms with Gasteiger partial charge in [-0.3, -0.25) is 9.48 Å². The summed E-state index contributed by atoms with van der Waals surface area (Å²) in [4.78, 5) is 23.4. The van der Waals surface area contributed by atoms with Gasteiger partial charge in [-0.05, 0) is 13.8 Å². The molecule has 2 aromatic rings. The first-order valence-electron chi connectivity index (χ1n) is 8.65. The number of rotatable bonds is 4. The summed E-state index contributed by atoms with van der Waals surface area (Å²) in [6, 6.07) is 0. The second-order valence-corrected chi connectivity index (χ2v) is 6.32. The first-order valence-corrected chi connectivity index (χ1v) is 8.65. The predicted molar refractivity (Wildman–Crippen MR) is 92.1 cm³/mol. The average molecular weight is 418 g/mol. The van der Waals surface area contributed by atoms with Crippen molar-refractivity contribution in [3.05, 3.63) is 35.0 Å². The van der Waals surface area contributed by atoms with E-state index in [9.17, 15) is 18.0 Å². The molecule has 1 aliphatic heterocycles. The summed E-state index contributed by atoms with van der Waals surface area (Å²) in [5.41, 5.74) is 2.74. The second kappa shape index (κ2) is 9.07. The standard InChI is InChI=1S/C15H20N4O3.C2HF3O2/c1-4-21-9-12-8-19(7-11-5-16-18(3)14(11)12)15(20)13-6-17-22-10(13)2;3-2(4,5)1(6)7/h5-6,12H,4,7-9H2,1-3H3;(H,6,7). The lowest BCUT2D eigenvalue weighted by molar-refractivity contribution is -0.192. The highest BCUT2D eigenvalue weighted by Crippen LogP contribution is 2.29. The number of fused-ring (bicyclic) bond motifs is 1. The van der Waals surface area contributed by atoms with Gasteiger partial charge in [0.2, 0.25) is 0 Å². The van der Waals surface area contributed by atoms with Crippen LogP contribution >= 0.6 is 0 Å². The molecule has 0 aliphatic carbocycles. The minimum absolute atomic E-state index is 0.0604. The first kappa shape index (κ1) is 22.4. The highest BCUT2D eigenvalue weighted by Gasteiger charge is 2.38. The van der Waals surface area contributed by atoms with E-state index in [2.05, 4.69) is 10.3 Å². The molecule has 1 N–H and O–H groups in total. The zero-order valence-electron chi connectivity index (χ0n) is 16.1. The molecular formula is C17H21F3N4O5. The molecule has 3 rings (SSSR count). The Bertz CT molecular complexity index is 862. The molecular weight excluding hydrogens is 397 g/mol. The number of aromatic nitrogens is 3. The van der Waals surface area contributed by atoms with Crippen LogP contribution in [0.4, 0.5) is 13.2 Å². The molecule has 2 aromatic heterocycles. The maximum absolute atomic E-state index is 12.7. The van der Waals surface area contributed by atoms with Crippen LogP contribution in [0, 0.1) is 6.92 Å². The topological polar surface area (TPSA) is 111 Å². The monoisotopic (exact) mass is 418 g/mol. The van der Waals surface area contributed by atoms with Crippen molar-refractivity contribution in [3.8, 4) is 0 Å². The van der Waals surface area contributed by atoms with Crippen molar-refractivity contribution in [2.45, 2.75) is 32.5 Å². The van der Waals surface area contributed by atoms with Crippen molar-refractivity contribution in [1.82, 2.24) is 19.8 Å². The number of carboxylic acids is 1. The lowest BCUT2D eigenvalue weighted by atomic mass is 9.96. The van der Waals surface area contributed by atoms with Crippen LogP contribution < -0.4 is 0 Å². The summed E-state index contributed by atoms with van der Waals surface area (Å²) < 4.78 is 44.2. The Balaban J connectivity index is 0.000000370. The van der Waals surface area contributed by atoms with Gasteiger partial charge in [-0.15, -0.1) is 0 Å². The van der Waals surface area contributed by atoms with Crippen LogP contribution in [0.2, 0.25) is 0 Å². The normalized spacial score (nSPS) is 16.1. The van der Waals surface area contributed by atoms with Crippen molar-refractivity contribution in [2.75, 3.05) is 19.8 Å². The first-order chi connectivity index (χ1) is 13.6. The number of aliphatic carboxylic acids is 1. The number of carbonyl (C=O) groups is 2. The number of ether oxygens (including phenoxy) is 1. The van der Waals surface area contributed by atoms with Gasteiger partial charge in [0, 0.05) is 38.2 Å². The van der Waals surface area contributed by atoms with Gasteiger partial charge in [0.25, 0.3) is 5.91 Å². The molecule has 0 bridgehead atoms. The van der Waals surface area contributed by atoms with Gasteiger partial charge in [0.05, 0.1) is 24.7 Å². The smallest absolute Gasteiger partial charge is 0.475 e. The zero-order chi connectivity index (χ0) is 21.8. The molecule has 160 valence electrons. The van der Waals surface area contributed by atoms with E-state index >= 15 is 0 Å². The number of halogens is 3. The molecule has 1 unspecified atom stereocenters. The minimum atomic E-state index is -5.08. The fourth-order valence-corrected chi connectivity index (χ4v) is 2.98. The molecule has 3 heterocycles. The Kier molecular flexibility index (Phi) is 7.01. The van der Waals surface area contributed by atoms with Crippen LogP contribution in [0.1, 0.15) is 40.2 Å². The lowest BCUT2D eigenvalue weighted by Gasteiger charge is -2.32. The van der Waals surface area contributed by atoms with E-state index in [0.717, 1.165) is 11.3 Å². The molecule has 0 saturated carbocycles. The maximum atomic E-state index is 12.7. The van der Waals surface area contributed by atoms with Crippen LogP contribution in [-0.4, -0.2) is 62.8 Å². The number of carbonyl (C=O) groups excluding carboxylic acids is 1. The van der Waals surface area contributed by atoms with Crippen molar-refractivity contribution in [2.24, 2.45) is 7.05 Å². The highest BCUT2D eigenvalue weighted by molar-refractivity contribution is 5.95. The number of alkyl halides is 3. The van der Waals surface area contributed by atoms with E-state index in [1.54, 1.807) is 6.92 Å². The van der Waals surface area contributed by atoms with Gasteiger partial charge in [-0.1, -0.05) is 5.16 Å². The lowest BCUT2D eigenvalue weighted by Crippen LogP contribution is -2.40. The Hall–Kier alpha value is -2.89. The predicted octanol–water partition coefficient (Wildman–Crippen LogP) is 2.13. The van der Waals surface area contributed by atoms with Gasteiger partial charge in [-0.2, -0.15) is 18.3 Å². The molecule has 0 aromatic carbocycles. The summed E-state index contributed by atoms with van der Waals surface area (Å²) in [6.07, 6.45) is -1.78. The van der Waals surface area contributed by atoms with Gasteiger partial charge in [0.1, 0.15) is 11.3 Å². The minimum Gasteiger partial charge on any atom is -0.475 e. The van der Waals surface area contributed by atoms with Gasteiger partial charge >= 0.3 is 12.1 Å². The molecule has 9 nitrogen and oxygen atoms in total. The van der Waals surface area contributed by atoms with Crippen molar-refractivity contribution in [1.29, 1.82) is 0 Å². The zero-order valence-corrected chi connectivity index (χ0v) is 16.1. The van der Waals surface area contributed by atoms with Crippen molar-refractivity contribution < 1.29 is 37.1 Å². The largest absolute Gasteiger partial charge is 0.490 e. The third-order valence-corrected chi connectivity index (χ3v) is 4.29. The Morgan fingerprint density at radius 1 is 1.38 bits per heavy atom. The van der Waals surface area contributed by atoms with Crippen LogP contribution in [0.15, 0.2) is 16.9 Å². The highest BCUT2D eigenvalue weighted by atomic mass is 19.4. The van der Waals surface area contributed by atoms with Crippen LogP contribution in [0.3, 0.4) is 0 Å². The number of hydrogen-bond acceptors (Lipinski definition) is 6. The fourth-order valence-electron chi connectivity index (χ4n) is 2.98. The van der Waals surface area contributed by atoms with Gasteiger partial charge in [-0.25, -0.2) is 4.79 Å². The molecule has 0 radical (unpaired) electrons. The molecule has 1 amide bonds. The Labute approximate surface area is 164 Å². The van der Waals surface area contributed by atoms with E-state index in [1.807, 2.05) is 29.7 Å². The van der Waals surface area contributed by atoms with Gasteiger partial charge in [0.15, 0.2) is 0 Å². The van der Waals surface area contributed by atoms with E-state index in [1.165, 1.54) is 6.20 Å². The number of hydrogen-bond donors (Lipinski definition) is 1. The third kappa shape index (κ3) is 5.34. The number of aryl methyl sites for hydroxylation is 2. The summed E-state index contributed by atoms with van der Waals surface area (Å²) >= 11 is 0.